The van der Waals surface area contributed by atoms with Crippen LogP contribution in [-0.4, -0.2) is 18.0 Å². The van der Waals surface area contributed by atoms with E-state index in [-0.39, 0.29) is 29.4 Å². The van der Waals surface area contributed by atoms with Crippen molar-refractivity contribution in [2.75, 3.05) is 7.05 Å². The zero-order valence-corrected chi connectivity index (χ0v) is 17.5. The van der Waals surface area contributed by atoms with Crippen molar-refractivity contribution in [2.24, 2.45) is 4.99 Å². The molecule has 0 atom stereocenters. The Morgan fingerprint density at radius 3 is 2.46 bits per heavy atom. The van der Waals surface area contributed by atoms with Crippen molar-refractivity contribution in [1.82, 2.24) is 15.6 Å². The van der Waals surface area contributed by atoms with Crippen LogP contribution in [0, 0.1) is 0 Å². The topological polar surface area (TPSA) is 62.5 Å². The van der Waals surface area contributed by atoms with E-state index in [9.17, 15) is 0 Å². The summed E-state index contributed by atoms with van der Waals surface area (Å²) in [5, 5.41) is 7.13. The van der Waals surface area contributed by atoms with Crippen molar-refractivity contribution in [3.8, 4) is 0 Å². The molecular formula is C17H24ClIN4O. The molecule has 0 spiro atoms. The summed E-state index contributed by atoms with van der Waals surface area (Å²) < 4.78 is 5.75. The summed E-state index contributed by atoms with van der Waals surface area (Å²) in [5.74, 6) is 2.17. The maximum absolute atomic E-state index is 6.14. The average Bonchev–Trinajstić information content (AvgIpc) is 2.98. The van der Waals surface area contributed by atoms with E-state index in [0.717, 1.165) is 16.3 Å². The van der Waals surface area contributed by atoms with E-state index in [2.05, 4.69) is 41.4 Å². The molecule has 1 heterocycles. The molecule has 0 aliphatic rings. The highest BCUT2D eigenvalue weighted by molar-refractivity contribution is 14.0. The first-order valence-electron chi connectivity index (χ1n) is 7.53. The van der Waals surface area contributed by atoms with E-state index in [1.165, 1.54) is 0 Å². The fourth-order valence-electron chi connectivity index (χ4n) is 1.94. The van der Waals surface area contributed by atoms with E-state index in [1.807, 2.05) is 24.3 Å². The number of halogens is 2. The molecule has 132 valence electrons. The number of hydrogen-bond donors (Lipinski definition) is 2. The third-order valence-corrected chi connectivity index (χ3v) is 3.70. The molecule has 0 amide bonds. The number of aromatic nitrogens is 1. The van der Waals surface area contributed by atoms with Crippen molar-refractivity contribution in [3.05, 3.63) is 52.7 Å². The van der Waals surface area contributed by atoms with Gasteiger partial charge in [0.05, 0.1) is 12.7 Å². The van der Waals surface area contributed by atoms with Gasteiger partial charge in [0.25, 0.3) is 0 Å². The second-order valence-electron chi connectivity index (χ2n) is 6.24. The summed E-state index contributed by atoms with van der Waals surface area (Å²) in [6.45, 7) is 7.34. The van der Waals surface area contributed by atoms with Crippen molar-refractivity contribution in [2.45, 2.75) is 39.3 Å². The molecular weight excluding hydrogens is 439 g/mol. The second kappa shape index (κ2) is 9.27. The third-order valence-electron chi connectivity index (χ3n) is 3.33. The lowest BCUT2D eigenvalue weighted by atomic mass is 9.94. The van der Waals surface area contributed by atoms with E-state index in [1.54, 1.807) is 13.2 Å². The van der Waals surface area contributed by atoms with Gasteiger partial charge in [-0.2, -0.15) is 0 Å². The zero-order chi connectivity index (χ0) is 16.9. The maximum atomic E-state index is 6.14. The Labute approximate surface area is 165 Å². The highest BCUT2D eigenvalue weighted by atomic mass is 127. The highest BCUT2D eigenvalue weighted by Gasteiger charge is 2.19. The Balaban J connectivity index is 0.00000288. The molecule has 2 rings (SSSR count). The molecule has 24 heavy (non-hydrogen) atoms. The van der Waals surface area contributed by atoms with Crippen LogP contribution in [0.5, 0.6) is 0 Å². The fraction of sp³-hybridized carbons (Fsp3) is 0.412. The Bertz CT molecular complexity index is 679. The van der Waals surface area contributed by atoms with Crippen LogP contribution in [0.3, 0.4) is 0 Å². The lowest BCUT2D eigenvalue weighted by Gasteiger charge is -2.13. The molecule has 5 nitrogen and oxygen atoms in total. The number of benzene rings is 1. The van der Waals surface area contributed by atoms with Crippen LogP contribution in [0.1, 0.15) is 38.0 Å². The molecule has 0 aliphatic heterocycles. The summed E-state index contributed by atoms with van der Waals surface area (Å²) in [7, 11) is 1.72. The Morgan fingerprint density at radius 1 is 1.21 bits per heavy atom. The van der Waals surface area contributed by atoms with Gasteiger partial charge in [-0.25, -0.2) is 4.98 Å². The van der Waals surface area contributed by atoms with Gasteiger partial charge in [0.2, 0.25) is 5.89 Å². The molecule has 0 saturated heterocycles. The highest BCUT2D eigenvalue weighted by Crippen LogP contribution is 2.22. The summed E-state index contributed by atoms with van der Waals surface area (Å²) in [5.41, 5.74) is 0.971. The lowest BCUT2D eigenvalue weighted by molar-refractivity contribution is 0.379. The van der Waals surface area contributed by atoms with Crippen LogP contribution in [0.4, 0.5) is 0 Å². The molecule has 0 aliphatic carbocycles. The normalized spacial score (nSPS) is 11.8. The molecule has 2 aromatic rings. The van der Waals surface area contributed by atoms with Gasteiger partial charge in [0.1, 0.15) is 5.76 Å². The van der Waals surface area contributed by atoms with Gasteiger partial charge < -0.3 is 15.1 Å². The molecule has 1 aromatic heterocycles. The first-order valence-corrected chi connectivity index (χ1v) is 7.91. The second-order valence-corrected chi connectivity index (χ2v) is 6.65. The van der Waals surface area contributed by atoms with E-state index < -0.39 is 0 Å². The Hall–Kier alpha value is -1.28. The quantitative estimate of drug-likeness (QED) is 0.408. The molecule has 0 fully saturated rings. The molecule has 0 bridgehead atoms. The summed E-state index contributed by atoms with van der Waals surface area (Å²) in [6.07, 6.45) is 1.77. The van der Waals surface area contributed by atoms with Crippen LogP contribution >= 0.6 is 35.6 Å². The predicted molar refractivity (Wildman–Crippen MR) is 109 cm³/mol. The monoisotopic (exact) mass is 462 g/mol. The van der Waals surface area contributed by atoms with Gasteiger partial charge in [-0.05, 0) is 11.6 Å². The minimum Gasteiger partial charge on any atom is -0.443 e. The van der Waals surface area contributed by atoms with Crippen molar-refractivity contribution >= 4 is 41.5 Å². The first-order chi connectivity index (χ1) is 10.9. The number of oxazole rings is 1. The molecule has 1 aromatic carbocycles. The third kappa shape index (κ3) is 5.98. The number of guanidine groups is 1. The number of nitrogens with zero attached hydrogens (tertiary/aromatic N) is 2. The van der Waals surface area contributed by atoms with Gasteiger partial charge >= 0.3 is 0 Å². The number of aliphatic imine (C=N–C) groups is 1. The minimum atomic E-state index is -0.0464. The van der Waals surface area contributed by atoms with Gasteiger partial charge in [0.15, 0.2) is 5.96 Å². The van der Waals surface area contributed by atoms with Gasteiger partial charge in [-0.3, -0.25) is 4.99 Å². The van der Waals surface area contributed by atoms with E-state index in [0.29, 0.717) is 24.9 Å². The zero-order valence-electron chi connectivity index (χ0n) is 14.4. The average molecular weight is 463 g/mol. The Morgan fingerprint density at radius 2 is 1.88 bits per heavy atom. The summed E-state index contributed by atoms with van der Waals surface area (Å²) in [6, 6.07) is 7.72. The molecule has 2 N–H and O–H groups in total. The summed E-state index contributed by atoms with van der Waals surface area (Å²) >= 11 is 6.14. The number of rotatable bonds is 4. The largest absolute Gasteiger partial charge is 0.443 e. The fourth-order valence-corrected chi connectivity index (χ4v) is 2.14. The number of nitrogens with one attached hydrogen (secondary N) is 2. The van der Waals surface area contributed by atoms with E-state index in [4.69, 9.17) is 16.0 Å². The van der Waals surface area contributed by atoms with Crippen LogP contribution in [0.25, 0.3) is 0 Å². The van der Waals surface area contributed by atoms with E-state index >= 15 is 0 Å². The first kappa shape index (κ1) is 20.8. The maximum Gasteiger partial charge on any atom is 0.213 e. The SMILES string of the molecule is CN=C(NCc1ncc(C(C)(C)C)o1)NCc1ccccc1Cl.I. The van der Waals surface area contributed by atoms with Crippen LogP contribution in [0.2, 0.25) is 5.02 Å². The van der Waals surface area contributed by atoms with Crippen LogP contribution in [0.15, 0.2) is 39.9 Å². The summed E-state index contributed by atoms with van der Waals surface area (Å²) in [4.78, 5) is 8.47. The van der Waals surface area contributed by atoms with Gasteiger partial charge in [-0.15, -0.1) is 24.0 Å². The smallest absolute Gasteiger partial charge is 0.213 e. The van der Waals surface area contributed by atoms with Gasteiger partial charge in [-0.1, -0.05) is 50.6 Å². The minimum absolute atomic E-state index is 0. The lowest BCUT2D eigenvalue weighted by Crippen LogP contribution is -2.36. The molecule has 0 unspecified atom stereocenters. The molecule has 7 heteroatoms. The number of hydrogen-bond acceptors (Lipinski definition) is 3. The Kier molecular flexibility index (Phi) is 8.02. The molecule has 0 saturated carbocycles. The van der Waals surface area contributed by atoms with Gasteiger partial charge in [0, 0.05) is 24.0 Å². The van der Waals surface area contributed by atoms with Crippen LogP contribution in [-0.2, 0) is 18.5 Å². The van der Waals surface area contributed by atoms with Crippen molar-refractivity contribution < 1.29 is 4.42 Å². The predicted octanol–water partition coefficient (Wildman–Crippen LogP) is 4.11. The van der Waals surface area contributed by atoms with Crippen molar-refractivity contribution in [3.63, 3.8) is 0 Å². The van der Waals surface area contributed by atoms with Crippen molar-refractivity contribution in [1.29, 1.82) is 0 Å². The molecule has 0 radical (unpaired) electrons. The van der Waals surface area contributed by atoms with Crippen LogP contribution < -0.4 is 10.6 Å². The standard InChI is InChI=1S/C17H23ClN4O.HI/c1-17(2,3)14-10-20-15(23-14)11-22-16(19-4)21-9-12-7-5-6-8-13(12)18;/h5-8,10H,9,11H2,1-4H3,(H2,19,21,22);1H.